The number of nitrogens with one attached hydrogen (secondary N) is 1. The number of carbonyl (C=O) groups is 2. The number of imide groups is 1. The Hall–Kier alpha value is -1.61. The van der Waals surface area contributed by atoms with Crippen LogP contribution in [0.1, 0.15) is 20.3 Å². The van der Waals surface area contributed by atoms with Crippen molar-refractivity contribution in [3.63, 3.8) is 0 Å². The summed E-state index contributed by atoms with van der Waals surface area (Å²) in [6.45, 7) is 4.36. The first-order valence-corrected chi connectivity index (χ1v) is 4.74. The van der Waals surface area contributed by atoms with E-state index in [-0.39, 0.29) is 6.54 Å². The zero-order valence-corrected chi connectivity index (χ0v) is 8.99. The van der Waals surface area contributed by atoms with Crippen LogP contribution in [0.4, 0.5) is 4.79 Å². The Morgan fingerprint density at radius 1 is 1.60 bits per heavy atom. The highest BCUT2D eigenvalue weighted by atomic mass is 16.2. The third-order valence-electron chi connectivity index (χ3n) is 1.96. The second-order valence-electron chi connectivity index (χ2n) is 3.16. The minimum Gasteiger partial charge on any atom is -0.351 e. The summed E-state index contributed by atoms with van der Waals surface area (Å²) in [5.74, 6) is -0.480. The molecule has 0 aromatic rings. The van der Waals surface area contributed by atoms with Gasteiger partial charge >= 0.3 is 6.03 Å². The number of urea groups is 1. The SMILES string of the molecule is CCCN(CC#N)C(C)C(=O)NC(N)=O. The fourth-order valence-corrected chi connectivity index (χ4v) is 1.18. The van der Waals surface area contributed by atoms with E-state index >= 15 is 0 Å². The van der Waals surface area contributed by atoms with E-state index in [9.17, 15) is 9.59 Å². The van der Waals surface area contributed by atoms with E-state index in [1.807, 2.05) is 18.3 Å². The molecule has 0 heterocycles. The highest BCUT2D eigenvalue weighted by Crippen LogP contribution is 2.00. The minimum atomic E-state index is -0.875. The molecule has 0 saturated heterocycles. The first-order valence-electron chi connectivity index (χ1n) is 4.74. The predicted molar refractivity (Wildman–Crippen MR) is 54.7 cm³/mol. The maximum atomic E-state index is 11.4. The van der Waals surface area contributed by atoms with Gasteiger partial charge in [-0.2, -0.15) is 5.26 Å². The number of nitrogens with zero attached hydrogens (tertiary/aromatic N) is 2. The van der Waals surface area contributed by atoms with Crippen LogP contribution in [0.2, 0.25) is 0 Å². The van der Waals surface area contributed by atoms with E-state index in [0.717, 1.165) is 6.42 Å². The van der Waals surface area contributed by atoms with Gasteiger partial charge in [0.05, 0.1) is 18.7 Å². The molecule has 1 unspecified atom stereocenters. The minimum absolute atomic E-state index is 0.154. The third kappa shape index (κ3) is 4.98. The lowest BCUT2D eigenvalue weighted by atomic mass is 10.2. The van der Waals surface area contributed by atoms with E-state index in [1.165, 1.54) is 0 Å². The first-order chi connectivity index (χ1) is 7.02. The maximum absolute atomic E-state index is 11.4. The van der Waals surface area contributed by atoms with E-state index in [1.54, 1.807) is 11.8 Å². The molecule has 0 bridgehead atoms. The number of rotatable bonds is 5. The number of carbonyl (C=O) groups excluding carboxylic acids is 2. The molecule has 3 N–H and O–H groups in total. The molecule has 15 heavy (non-hydrogen) atoms. The van der Waals surface area contributed by atoms with Gasteiger partial charge in [-0.15, -0.1) is 0 Å². The van der Waals surface area contributed by atoms with Crippen LogP contribution in [0.15, 0.2) is 0 Å². The molecule has 0 rings (SSSR count). The Balaban J connectivity index is 4.35. The molecule has 0 saturated carbocycles. The Kier molecular flexibility index (Phi) is 6.06. The molecule has 0 aliphatic carbocycles. The van der Waals surface area contributed by atoms with E-state index < -0.39 is 18.0 Å². The summed E-state index contributed by atoms with van der Waals surface area (Å²) in [5, 5.41) is 10.5. The standard InChI is InChI=1S/C9H16N4O2/c1-3-5-13(6-4-10)7(2)8(14)12-9(11)15/h7H,3,5-6H2,1-2H3,(H3,11,12,14,15). The smallest absolute Gasteiger partial charge is 0.318 e. The molecule has 6 nitrogen and oxygen atoms in total. The molecule has 3 amide bonds. The Morgan fingerprint density at radius 2 is 2.20 bits per heavy atom. The van der Waals surface area contributed by atoms with Crippen molar-refractivity contribution in [3.05, 3.63) is 0 Å². The quantitative estimate of drug-likeness (QED) is 0.617. The maximum Gasteiger partial charge on any atom is 0.318 e. The van der Waals surface area contributed by atoms with Gasteiger partial charge in [-0.25, -0.2) is 4.79 Å². The molecule has 84 valence electrons. The van der Waals surface area contributed by atoms with Crippen molar-refractivity contribution in [2.75, 3.05) is 13.1 Å². The lowest BCUT2D eigenvalue weighted by Crippen LogP contribution is -2.48. The monoisotopic (exact) mass is 212 g/mol. The second-order valence-corrected chi connectivity index (χ2v) is 3.16. The number of primary amides is 1. The zero-order valence-electron chi connectivity index (χ0n) is 8.99. The number of nitrogens with two attached hydrogens (primary N) is 1. The molecule has 0 radical (unpaired) electrons. The molecule has 6 heteroatoms. The van der Waals surface area contributed by atoms with E-state index in [4.69, 9.17) is 11.0 Å². The fraction of sp³-hybridized carbons (Fsp3) is 0.667. The summed E-state index contributed by atoms with van der Waals surface area (Å²) in [4.78, 5) is 23.5. The van der Waals surface area contributed by atoms with E-state index in [2.05, 4.69) is 0 Å². The van der Waals surface area contributed by atoms with Crippen LogP contribution in [0.25, 0.3) is 0 Å². The van der Waals surface area contributed by atoms with E-state index in [0.29, 0.717) is 6.54 Å². The van der Waals surface area contributed by atoms with Gasteiger partial charge in [0.15, 0.2) is 0 Å². The average Bonchev–Trinajstić information content (AvgIpc) is 2.15. The van der Waals surface area contributed by atoms with Crippen LogP contribution in [-0.4, -0.2) is 36.0 Å². The van der Waals surface area contributed by atoms with Crippen molar-refractivity contribution in [3.8, 4) is 6.07 Å². The van der Waals surface area contributed by atoms with Crippen LogP contribution < -0.4 is 11.1 Å². The summed E-state index contributed by atoms with van der Waals surface area (Å²) in [5.41, 5.74) is 4.82. The molecule has 0 aromatic carbocycles. The Morgan fingerprint density at radius 3 is 2.60 bits per heavy atom. The van der Waals surface area contributed by atoms with Crippen molar-refractivity contribution in [1.29, 1.82) is 5.26 Å². The fourth-order valence-electron chi connectivity index (χ4n) is 1.18. The van der Waals surface area contributed by atoms with Crippen molar-refractivity contribution in [2.45, 2.75) is 26.3 Å². The Bertz CT molecular complexity index is 272. The molecule has 0 aliphatic heterocycles. The molecular formula is C9H16N4O2. The van der Waals surface area contributed by atoms with Gasteiger partial charge < -0.3 is 5.73 Å². The largest absolute Gasteiger partial charge is 0.351 e. The summed E-state index contributed by atoms with van der Waals surface area (Å²) in [7, 11) is 0. The summed E-state index contributed by atoms with van der Waals surface area (Å²) in [6, 6.07) is 0.566. The van der Waals surface area contributed by atoms with Crippen molar-refractivity contribution >= 4 is 11.9 Å². The average molecular weight is 212 g/mol. The van der Waals surface area contributed by atoms with Crippen LogP contribution in [0.5, 0.6) is 0 Å². The van der Waals surface area contributed by atoms with Crippen LogP contribution >= 0.6 is 0 Å². The molecule has 0 aliphatic rings. The lowest BCUT2D eigenvalue weighted by Gasteiger charge is -2.24. The van der Waals surface area contributed by atoms with Crippen molar-refractivity contribution < 1.29 is 9.59 Å². The Labute approximate surface area is 89.0 Å². The van der Waals surface area contributed by atoms with Crippen LogP contribution in [-0.2, 0) is 4.79 Å². The van der Waals surface area contributed by atoms with Gasteiger partial charge in [0, 0.05) is 0 Å². The number of nitriles is 1. The van der Waals surface area contributed by atoms with Gasteiger partial charge in [0.1, 0.15) is 0 Å². The molecule has 0 fully saturated rings. The normalized spacial score (nSPS) is 11.9. The van der Waals surface area contributed by atoms with Crippen LogP contribution in [0.3, 0.4) is 0 Å². The van der Waals surface area contributed by atoms with Gasteiger partial charge in [-0.3, -0.25) is 15.0 Å². The second kappa shape index (κ2) is 6.79. The molecule has 0 spiro atoms. The predicted octanol–water partition coefficient (Wildman–Crippen LogP) is -0.195. The van der Waals surface area contributed by atoms with Crippen LogP contribution in [0, 0.1) is 11.3 Å². The number of amides is 3. The number of hydrogen-bond acceptors (Lipinski definition) is 4. The molecular weight excluding hydrogens is 196 g/mol. The van der Waals surface area contributed by atoms with Crippen molar-refractivity contribution in [2.24, 2.45) is 5.73 Å². The highest BCUT2D eigenvalue weighted by molar-refractivity contribution is 5.96. The third-order valence-corrected chi connectivity index (χ3v) is 1.96. The lowest BCUT2D eigenvalue weighted by molar-refractivity contribution is -0.124. The van der Waals surface area contributed by atoms with Crippen molar-refractivity contribution in [1.82, 2.24) is 10.2 Å². The topological polar surface area (TPSA) is 99.2 Å². The zero-order chi connectivity index (χ0) is 11.8. The first kappa shape index (κ1) is 13.4. The molecule has 0 aromatic heterocycles. The summed E-state index contributed by atoms with van der Waals surface area (Å²) in [6.07, 6.45) is 0.829. The van der Waals surface area contributed by atoms with Gasteiger partial charge in [0.25, 0.3) is 0 Å². The van der Waals surface area contributed by atoms with Gasteiger partial charge in [-0.05, 0) is 19.9 Å². The van der Waals surface area contributed by atoms with Gasteiger partial charge in [-0.1, -0.05) is 6.92 Å². The summed E-state index contributed by atoms with van der Waals surface area (Å²) < 4.78 is 0. The highest BCUT2D eigenvalue weighted by Gasteiger charge is 2.21. The summed E-state index contributed by atoms with van der Waals surface area (Å²) >= 11 is 0. The number of hydrogen-bond donors (Lipinski definition) is 2. The van der Waals surface area contributed by atoms with Gasteiger partial charge in [0.2, 0.25) is 5.91 Å². The molecule has 1 atom stereocenters.